The Bertz CT molecular complexity index is 184. The van der Waals surface area contributed by atoms with Gasteiger partial charge in [0, 0.05) is 37.7 Å². The molecule has 0 saturated carbocycles. The van der Waals surface area contributed by atoms with E-state index in [1.165, 1.54) is 11.5 Å². The van der Waals surface area contributed by atoms with Crippen LogP contribution in [-0.4, -0.2) is 59.7 Å². The predicted octanol–water partition coefficient (Wildman–Crippen LogP) is 0.0979. The highest BCUT2D eigenvalue weighted by molar-refractivity contribution is 7.99. The number of rotatable bonds is 5. The Kier molecular flexibility index (Phi) is 5.29. The van der Waals surface area contributed by atoms with E-state index in [9.17, 15) is 4.79 Å². The van der Waals surface area contributed by atoms with E-state index < -0.39 is 12.0 Å². The first kappa shape index (κ1) is 11.8. The molecule has 0 aromatic carbocycles. The Balaban J connectivity index is 2.05. The molecular weight excluding hydrogens is 200 g/mol. The average molecular weight is 218 g/mol. The van der Waals surface area contributed by atoms with Gasteiger partial charge in [-0.3, -0.25) is 4.79 Å². The zero-order chi connectivity index (χ0) is 10.4. The Hall–Kier alpha value is -0.260. The van der Waals surface area contributed by atoms with Crippen LogP contribution >= 0.6 is 11.8 Å². The maximum absolute atomic E-state index is 10.5. The highest BCUT2D eigenvalue weighted by atomic mass is 32.2. The number of nitrogens with one attached hydrogen (secondary N) is 1. The maximum Gasteiger partial charge on any atom is 0.320 e. The zero-order valence-corrected chi connectivity index (χ0v) is 9.35. The zero-order valence-electron chi connectivity index (χ0n) is 8.53. The summed E-state index contributed by atoms with van der Waals surface area (Å²) in [6.07, 6.45) is 0. The SMILES string of the molecule is CC(NCCN1CCSCC1)C(=O)O. The molecule has 0 aromatic heterocycles. The van der Waals surface area contributed by atoms with Gasteiger partial charge < -0.3 is 15.3 Å². The summed E-state index contributed by atoms with van der Waals surface area (Å²) in [6.45, 7) is 5.66. The van der Waals surface area contributed by atoms with Crippen molar-refractivity contribution in [1.29, 1.82) is 0 Å². The van der Waals surface area contributed by atoms with Gasteiger partial charge in [-0.25, -0.2) is 0 Å². The van der Waals surface area contributed by atoms with Crippen molar-refractivity contribution in [2.45, 2.75) is 13.0 Å². The minimum absolute atomic E-state index is 0.436. The molecule has 1 fully saturated rings. The Morgan fingerprint density at radius 3 is 2.79 bits per heavy atom. The number of carbonyl (C=O) groups is 1. The molecule has 1 heterocycles. The first-order valence-corrected chi connectivity index (χ1v) is 6.12. The third kappa shape index (κ3) is 4.30. The van der Waals surface area contributed by atoms with Crippen LogP contribution in [0.2, 0.25) is 0 Å². The van der Waals surface area contributed by atoms with E-state index >= 15 is 0 Å². The lowest BCUT2D eigenvalue weighted by molar-refractivity contribution is -0.139. The standard InChI is InChI=1S/C9H18N2O2S/c1-8(9(12)13)10-2-3-11-4-6-14-7-5-11/h8,10H,2-7H2,1H3,(H,12,13). The molecule has 1 atom stereocenters. The molecular formula is C9H18N2O2S. The van der Waals surface area contributed by atoms with Crippen molar-refractivity contribution in [1.82, 2.24) is 10.2 Å². The maximum atomic E-state index is 10.5. The Morgan fingerprint density at radius 2 is 2.21 bits per heavy atom. The van der Waals surface area contributed by atoms with Gasteiger partial charge in [0.2, 0.25) is 0 Å². The Morgan fingerprint density at radius 1 is 1.57 bits per heavy atom. The molecule has 0 amide bonds. The minimum Gasteiger partial charge on any atom is -0.480 e. The number of carboxylic acids is 1. The second-order valence-electron chi connectivity index (χ2n) is 3.47. The van der Waals surface area contributed by atoms with Gasteiger partial charge in [0.05, 0.1) is 0 Å². The van der Waals surface area contributed by atoms with Gasteiger partial charge in [0.15, 0.2) is 0 Å². The molecule has 1 aliphatic rings. The van der Waals surface area contributed by atoms with Gasteiger partial charge in [-0.1, -0.05) is 0 Å². The van der Waals surface area contributed by atoms with E-state index in [0.717, 1.165) is 26.2 Å². The summed E-state index contributed by atoms with van der Waals surface area (Å²) in [5.41, 5.74) is 0. The van der Waals surface area contributed by atoms with E-state index in [1.54, 1.807) is 6.92 Å². The first-order chi connectivity index (χ1) is 6.70. The molecule has 1 unspecified atom stereocenters. The highest BCUT2D eigenvalue weighted by Crippen LogP contribution is 2.07. The fourth-order valence-corrected chi connectivity index (χ4v) is 2.33. The van der Waals surface area contributed by atoms with E-state index in [4.69, 9.17) is 5.11 Å². The molecule has 0 bridgehead atoms. The lowest BCUT2D eigenvalue weighted by Gasteiger charge is -2.26. The quantitative estimate of drug-likeness (QED) is 0.685. The molecule has 1 rings (SSSR count). The molecule has 82 valence electrons. The number of nitrogens with zero attached hydrogens (tertiary/aromatic N) is 1. The van der Waals surface area contributed by atoms with Crippen LogP contribution in [0.5, 0.6) is 0 Å². The smallest absolute Gasteiger partial charge is 0.320 e. The van der Waals surface area contributed by atoms with Crippen LogP contribution in [0, 0.1) is 0 Å². The molecule has 0 aromatic rings. The summed E-state index contributed by atoms with van der Waals surface area (Å²) < 4.78 is 0. The summed E-state index contributed by atoms with van der Waals surface area (Å²) in [5.74, 6) is 1.63. The number of hydrogen-bond acceptors (Lipinski definition) is 4. The van der Waals surface area contributed by atoms with E-state index in [2.05, 4.69) is 10.2 Å². The van der Waals surface area contributed by atoms with Gasteiger partial charge in [0.25, 0.3) is 0 Å². The summed E-state index contributed by atoms with van der Waals surface area (Å²) in [5, 5.41) is 11.6. The van der Waals surface area contributed by atoms with E-state index in [-0.39, 0.29) is 0 Å². The van der Waals surface area contributed by atoms with Crippen molar-refractivity contribution in [2.24, 2.45) is 0 Å². The predicted molar refractivity (Wildman–Crippen MR) is 58.9 cm³/mol. The molecule has 1 saturated heterocycles. The van der Waals surface area contributed by atoms with Crippen molar-refractivity contribution in [3.05, 3.63) is 0 Å². The topological polar surface area (TPSA) is 52.6 Å². The second-order valence-corrected chi connectivity index (χ2v) is 4.69. The summed E-state index contributed by atoms with van der Waals surface area (Å²) >= 11 is 1.99. The molecule has 5 heteroatoms. The van der Waals surface area contributed by atoms with Crippen LogP contribution < -0.4 is 5.32 Å². The number of carboxylic acid groups (broad SMARTS) is 1. The van der Waals surface area contributed by atoms with Crippen LogP contribution in [0.15, 0.2) is 0 Å². The third-order valence-electron chi connectivity index (χ3n) is 2.35. The van der Waals surface area contributed by atoms with Gasteiger partial charge in [-0.15, -0.1) is 0 Å². The van der Waals surface area contributed by atoms with Crippen molar-refractivity contribution in [2.75, 3.05) is 37.7 Å². The number of aliphatic carboxylic acids is 1. The summed E-state index contributed by atoms with van der Waals surface area (Å²) in [6, 6.07) is -0.436. The monoisotopic (exact) mass is 218 g/mol. The second kappa shape index (κ2) is 6.27. The molecule has 4 nitrogen and oxygen atoms in total. The van der Waals surface area contributed by atoms with Crippen LogP contribution in [0.25, 0.3) is 0 Å². The van der Waals surface area contributed by atoms with E-state index in [0.29, 0.717) is 0 Å². The lowest BCUT2D eigenvalue weighted by atomic mass is 10.3. The first-order valence-electron chi connectivity index (χ1n) is 4.96. The van der Waals surface area contributed by atoms with Crippen LogP contribution in [0.3, 0.4) is 0 Å². The van der Waals surface area contributed by atoms with Crippen molar-refractivity contribution in [3.63, 3.8) is 0 Å². The van der Waals surface area contributed by atoms with E-state index in [1.807, 2.05) is 11.8 Å². The molecule has 2 N–H and O–H groups in total. The molecule has 0 spiro atoms. The molecule has 14 heavy (non-hydrogen) atoms. The van der Waals surface area contributed by atoms with Gasteiger partial charge >= 0.3 is 5.97 Å². The van der Waals surface area contributed by atoms with Crippen molar-refractivity contribution >= 4 is 17.7 Å². The van der Waals surface area contributed by atoms with Crippen molar-refractivity contribution < 1.29 is 9.90 Å². The number of hydrogen-bond donors (Lipinski definition) is 2. The summed E-state index contributed by atoms with van der Waals surface area (Å²) in [7, 11) is 0. The summed E-state index contributed by atoms with van der Waals surface area (Å²) in [4.78, 5) is 12.9. The largest absolute Gasteiger partial charge is 0.480 e. The van der Waals surface area contributed by atoms with Crippen LogP contribution in [0.1, 0.15) is 6.92 Å². The van der Waals surface area contributed by atoms with Gasteiger partial charge in [0.1, 0.15) is 6.04 Å². The Labute approximate surface area is 89.0 Å². The lowest BCUT2D eigenvalue weighted by Crippen LogP contribution is -2.42. The normalized spacial score (nSPS) is 20.6. The molecule has 1 aliphatic heterocycles. The van der Waals surface area contributed by atoms with Crippen LogP contribution in [0.4, 0.5) is 0 Å². The third-order valence-corrected chi connectivity index (χ3v) is 3.30. The van der Waals surface area contributed by atoms with Gasteiger partial charge in [-0.05, 0) is 6.92 Å². The molecule has 0 aliphatic carbocycles. The highest BCUT2D eigenvalue weighted by Gasteiger charge is 2.12. The minimum atomic E-state index is -0.779. The fourth-order valence-electron chi connectivity index (χ4n) is 1.35. The van der Waals surface area contributed by atoms with Crippen LogP contribution in [-0.2, 0) is 4.79 Å². The fraction of sp³-hybridized carbons (Fsp3) is 0.889. The number of thioether (sulfide) groups is 1. The van der Waals surface area contributed by atoms with Crippen molar-refractivity contribution in [3.8, 4) is 0 Å². The average Bonchev–Trinajstić information content (AvgIpc) is 2.19. The molecule has 0 radical (unpaired) electrons. The van der Waals surface area contributed by atoms with Gasteiger partial charge in [-0.2, -0.15) is 11.8 Å².